The Labute approximate surface area is 131 Å². The van der Waals surface area contributed by atoms with Gasteiger partial charge in [-0.05, 0) is 41.9 Å². The number of thioether (sulfide) groups is 1. The molecule has 0 spiro atoms. The molecular formula is C14H16BrN3OS. The SMILES string of the molecule is Cc1nn(C)c(C)c1NC(=O)CSc1ccccc1Br. The molecule has 2 aromatic rings. The summed E-state index contributed by atoms with van der Waals surface area (Å²) in [5.41, 5.74) is 2.61. The van der Waals surface area contributed by atoms with Crippen LogP contribution in [0.15, 0.2) is 33.6 Å². The number of anilines is 1. The van der Waals surface area contributed by atoms with E-state index in [0.717, 1.165) is 26.4 Å². The van der Waals surface area contributed by atoms with Crippen LogP contribution in [0.5, 0.6) is 0 Å². The van der Waals surface area contributed by atoms with E-state index < -0.39 is 0 Å². The molecule has 0 aliphatic carbocycles. The first-order valence-corrected chi connectivity index (χ1v) is 7.94. The summed E-state index contributed by atoms with van der Waals surface area (Å²) in [5.74, 6) is 0.348. The molecule has 0 unspecified atom stereocenters. The molecule has 0 saturated heterocycles. The Morgan fingerprint density at radius 3 is 2.70 bits per heavy atom. The monoisotopic (exact) mass is 353 g/mol. The number of aromatic nitrogens is 2. The maximum atomic E-state index is 12.0. The van der Waals surface area contributed by atoms with Gasteiger partial charge in [0.25, 0.3) is 0 Å². The van der Waals surface area contributed by atoms with Gasteiger partial charge in [-0.2, -0.15) is 5.10 Å². The third kappa shape index (κ3) is 3.43. The largest absolute Gasteiger partial charge is 0.322 e. The second kappa shape index (κ2) is 6.45. The fourth-order valence-electron chi connectivity index (χ4n) is 1.84. The minimum Gasteiger partial charge on any atom is -0.322 e. The van der Waals surface area contributed by atoms with Gasteiger partial charge in [0.2, 0.25) is 5.91 Å². The Balaban J connectivity index is 1.98. The summed E-state index contributed by atoms with van der Waals surface area (Å²) in [6.45, 7) is 3.83. The molecule has 0 aliphatic heterocycles. The Morgan fingerprint density at radius 1 is 1.40 bits per heavy atom. The average molecular weight is 354 g/mol. The van der Waals surface area contributed by atoms with Gasteiger partial charge in [0.15, 0.2) is 0 Å². The molecule has 0 fully saturated rings. The maximum absolute atomic E-state index is 12.0. The summed E-state index contributed by atoms with van der Waals surface area (Å²) < 4.78 is 2.78. The van der Waals surface area contributed by atoms with Crippen molar-refractivity contribution >= 4 is 39.3 Å². The lowest BCUT2D eigenvalue weighted by molar-refractivity contribution is -0.113. The van der Waals surface area contributed by atoms with Crippen LogP contribution in [0.3, 0.4) is 0 Å². The molecule has 1 N–H and O–H groups in total. The zero-order valence-electron chi connectivity index (χ0n) is 11.6. The van der Waals surface area contributed by atoms with Crippen LogP contribution in [0.2, 0.25) is 0 Å². The molecule has 1 amide bonds. The third-order valence-electron chi connectivity index (χ3n) is 2.97. The van der Waals surface area contributed by atoms with Gasteiger partial charge in [0, 0.05) is 16.4 Å². The molecular weight excluding hydrogens is 338 g/mol. The van der Waals surface area contributed by atoms with Crippen LogP contribution in [0.1, 0.15) is 11.4 Å². The van der Waals surface area contributed by atoms with E-state index in [9.17, 15) is 4.79 Å². The Hall–Kier alpha value is -1.27. The van der Waals surface area contributed by atoms with Crippen molar-refractivity contribution < 1.29 is 4.79 Å². The number of hydrogen-bond donors (Lipinski definition) is 1. The predicted molar refractivity (Wildman–Crippen MR) is 86.2 cm³/mol. The highest BCUT2D eigenvalue weighted by atomic mass is 79.9. The van der Waals surface area contributed by atoms with E-state index in [2.05, 4.69) is 26.3 Å². The molecule has 0 aliphatic rings. The standard InChI is InChI=1S/C14H16BrN3OS/c1-9-14(10(2)18(3)17-9)16-13(19)8-20-12-7-5-4-6-11(12)15/h4-7H,8H2,1-3H3,(H,16,19). The fourth-order valence-corrected chi connectivity index (χ4v) is 3.20. The van der Waals surface area contributed by atoms with Gasteiger partial charge in [0.1, 0.15) is 0 Å². The summed E-state index contributed by atoms with van der Waals surface area (Å²) >= 11 is 4.98. The quantitative estimate of drug-likeness (QED) is 0.855. The van der Waals surface area contributed by atoms with Gasteiger partial charge in [-0.15, -0.1) is 11.8 Å². The van der Waals surface area contributed by atoms with E-state index in [4.69, 9.17) is 0 Å². The first-order valence-electron chi connectivity index (χ1n) is 6.16. The Bertz CT molecular complexity index is 639. The van der Waals surface area contributed by atoms with Crippen LogP contribution in [0.4, 0.5) is 5.69 Å². The molecule has 0 atom stereocenters. The van der Waals surface area contributed by atoms with E-state index in [-0.39, 0.29) is 5.91 Å². The number of amides is 1. The van der Waals surface area contributed by atoms with Crippen LogP contribution in [-0.4, -0.2) is 21.4 Å². The number of rotatable bonds is 4. The van der Waals surface area contributed by atoms with Crippen molar-refractivity contribution in [2.24, 2.45) is 7.05 Å². The first-order chi connectivity index (χ1) is 9.49. The molecule has 106 valence electrons. The summed E-state index contributed by atoms with van der Waals surface area (Å²) in [5, 5.41) is 7.21. The molecule has 0 radical (unpaired) electrons. The lowest BCUT2D eigenvalue weighted by atomic mass is 10.3. The van der Waals surface area contributed by atoms with Crippen LogP contribution >= 0.6 is 27.7 Å². The highest BCUT2D eigenvalue weighted by Gasteiger charge is 2.12. The van der Waals surface area contributed by atoms with Crippen molar-refractivity contribution in [2.45, 2.75) is 18.7 Å². The van der Waals surface area contributed by atoms with E-state index in [1.807, 2.05) is 45.2 Å². The number of carbonyl (C=O) groups excluding carboxylic acids is 1. The highest BCUT2D eigenvalue weighted by Crippen LogP contribution is 2.27. The minimum atomic E-state index is -0.0232. The molecule has 1 heterocycles. The summed E-state index contributed by atoms with van der Waals surface area (Å²) in [7, 11) is 1.87. The minimum absolute atomic E-state index is 0.0232. The average Bonchev–Trinajstić information content (AvgIpc) is 2.64. The van der Waals surface area contributed by atoms with Crippen LogP contribution in [0.25, 0.3) is 0 Å². The van der Waals surface area contributed by atoms with Crippen molar-refractivity contribution in [1.29, 1.82) is 0 Å². The number of halogens is 1. The fraction of sp³-hybridized carbons (Fsp3) is 0.286. The van der Waals surface area contributed by atoms with Crippen LogP contribution in [-0.2, 0) is 11.8 Å². The molecule has 1 aromatic carbocycles. The topological polar surface area (TPSA) is 46.9 Å². The van der Waals surface area contributed by atoms with Crippen molar-refractivity contribution in [2.75, 3.05) is 11.1 Å². The molecule has 0 saturated carbocycles. The molecule has 4 nitrogen and oxygen atoms in total. The van der Waals surface area contributed by atoms with Crippen molar-refractivity contribution in [3.63, 3.8) is 0 Å². The van der Waals surface area contributed by atoms with Gasteiger partial charge in [-0.1, -0.05) is 12.1 Å². The second-order valence-corrected chi connectivity index (χ2v) is 6.31. The number of hydrogen-bond acceptors (Lipinski definition) is 3. The van der Waals surface area contributed by atoms with Gasteiger partial charge in [-0.25, -0.2) is 0 Å². The van der Waals surface area contributed by atoms with Gasteiger partial charge >= 0.3 is 0 Å². The van der Waals surface area contributed by atoms with E-state index in [1.165, 1.54) is 11.8 Å². The molecule has 2 rings (SSSR count). The Kier molecular flexibility index (Phi) is 4.88. The van der Waals surface area contributed by atoms with E-state index in [0.29, 0.717) is 5.75 Å². The number of benzene rings is 1. The number of nitrogens with zero attached hydrogens (tertiary/aromatic N) is 2. The lowest BCUT2D eigenvalue weighted by Gasteiger charge is -2.06. The zero-order chi connectivity index (χ0) is 14.7. The smallest absolute Gasteiger partial charge is 0.234 e. The normalized spacial score (nSPS) is 10.6. The van der Waals surface area contributed by atoms with Crippen molar-refractivity contribution in [3.05, 3.63) is 40.1 Å². The summed E-state index contributed by atoms with van der Waals surface area (Å²) in [6, 6.07) is 7.87. The zero-order valence-corrected chi connectivity index (χ0v) is 14.0. The van der Waals surface area contributed by atoms with Crippen molar-refractivity contribution in [1.82, 2.24) is 9.78 Å². The molecule has 1 aromatic heterocycles. The van der Waals surface area contributed by atoms with Crippen molar-refractivity contribution in [3.8, 4) is 0 Å². The highest BCUT2D eigenvalue weighted by molar-refractivity contribution is 9.10. The van der Waals surface area contributed by atoms with Crippen LogP contribution < -0.4 is 5.32 Å². The molecule has 6 heteroatoms. The summed E-state index contributed by atoms with van der Waals surface area (Å²) in [4.78, 5) is 13.1. The Morgan fingerprint density at radius 2 is 2.10 bits per heavy atom. The third-order valence-corrected chi connectivity index (χ3v) is 5.00. The lowest BCUT2D eigenvalue weighted by Crippen LogP contribution is -2.15. The summed E-state index contributed by atoms with van der Waals surface area (Å²) in [6.07, 6.45) is 0. The predicted octanol–water partition coefficient (Wildman–Crippen LogP) is 3.53. The second-order valence-electron chi connectivity index (χ2n) is 4.44. The van der Waals surface area contributed by atoms with Crippen LogP contribution in [0, 0.1) is 13.8 Å². The first kappa shape index (κ1) is 15.1. The van der Waals surface area contributed by atoms with Gasteiger partial charge < -0.3 is 5.32 Å². The van der Waals surface area contributed by atoms with E-state index in [1.54, 1.807) is 4.68 Å². The number of carbonyl (C=O) groups is 1. The molecule has 20 heavy (non-hydrogen) atoms. The van der Waals surface area contributed by atoms with Gasteiger partial charge in [-0.3, -0.25) is 9.48 Å². The van der Waals surface area contributed by atoms with E-state index >= 15 is 0 Å². The number of aryl methyl sites for hydroxylation is 2. The van der Waals surface area contributed by atoms with Gasteiger partial charge in [0.05, 0.1) is 22.8 Å². The maximum Gasteiger partial charge on any atom is 0.234 e. The number of nitrogens with one attached hydrogen (secondary N) is 1. The molecule has 0 bridgehead atoms.